The molecule has 0 aliphatic heterocycles. The average molecular weight is 304 g/mol. The van der Waals surface area contributed by atoms with Crippen molar-refractivity contribution in [3.63, 3.8) is 0 Å². The Kier molecular flexibility index (Phi) is 6.25. The fourth-order valence-electron chi connectivity index (χ4n) is 3.22. The van der Waals surface area contributed by atoms with Crippen LogP contribution in [0.2, 0.25) is 0 Å². The number of methoxy groups -OCH3 is 1. The molecule has 1 aromatic rings. The Labute approximate surface area is 133 Å². The third kappa shape index (κ3) is 4.73. The van der Waals surface area contributed by atoms with Crippen molar-refractivity contribution in [2.24, 2.45) is 5.92 Å². The van der Waals surface area contributed by atoms with E-state index in [-0.39, 0.29) is 11.9 Å². The molecule has 1 aliphatic carbocycles. The third-order valence-corrected chi connectivity index (χ3v) is 4.48. The van der Waals surface area contributed by atoms with Crippen molar-refractivity contribution in [2.75, 3.05) is 12.4 Å². The van der Waals surface area contributed by atoms with Crippen molar-refractivity contribution in [3.05, 3.63) is 24.3 Å². The van der Waals surface area contributed by atoms with Gasteiger partial charge in [-0.3, -0.25) is 4.79 Å². The van der Waals surface area contributed by atoms with Gasteiger partial charge in [-0.25, -0.2) is 0 Å². The standard InChI is InChI=1S/C18H28N2O2/c1-13-8-4-5-9-15(13)19-14(2)12-18(21)20-16-10-6-7-11-17(16)22-3/h6-7,10-11,13-15,19H,4-5,8-9,12H2,1-3H3,(H,20,21)/t13-,14+,15-/m1/s1. The smallest absolute Gasteiger partial charge is 0.226 e. The second kappa shape index (κ2) is 8.18. The number of nitrogens with one attached hydrogen (secondary N) is 2. The van der Waals surface area contributed by atoms with Gasteiger partial charge in [0.25, 0.3) is 0 Å². The highest BCUT2D eigenvalue weighted by molar-refractivity contribution is 5.92. The van der Waals surface area contributed by atoms with Gasteiger partial charge in [0.05, 0.1) is 12.8 Å². The molecule has 0 aromatic heterocycles. The maximum Gasteiger partial charge on any atom is 0.226 e. The minimum Gasteiger partial charge on any atom is -0.495 e. The Morgan fingerprint density at radius 2 is 2.05 bits per heavy atom. The zero-order valence-corrected chi connectivity index (χ0v) is 13.9. The number of hydrogen-bond acceptors (Lipinski definition) is 3. The highest BCUT2D eigenvalue weighted by atomic mass is 16.5. The van der Waals surface area contributed by atoms with Gasteiger partial charge in [0.2, 0.25) is 5.91 Å². The van der Waals surface area contributed by atoms with Gasteiger partial charge in [-0.1, -0.05) is 31.9 Å². The molecule has 4 nitrogen and oxygen atoms in total. The van der Waals surface area contributed by atoms with Crippen molar-refractivity contribution in [2.45, 2.75) is 58.0 Å². The summed E-state index contributed by atoms with van der Waals surface area (Å²) in [5.74, 6) is 1.42. The zero-order valence-electron chi connectivity index (χ0n) is 13.9. The molecule has 0 saturated heterocycles. The normalized spacial score (nSPS) is 22.9. The second-order valence-corrected chi connectivity index (χ2v) is 6.39. The number of ether oxygens (including phenoxy) is 1. The fraction of sp³-hybridized carbons (Fsp3) is 0.611. The molecule has 1 aromatic carbocycles. The van der Waals surface area contributed by atoms with Gasteiger partial charge in [0, 0.05) is 18.5 Å². The van der Waals surface area contributed by atoms with Crippen LogP contribution in [0.1, 0.15) is 46.0 Å². The summed E-state index contributed by atoms with van der Waals surface area (Å²) in [4.78, 5) is 12.2. The fourth-order valence-corrected chi connectivity index (χ4v) is 3.22. The predicted molar refractivity (Wildman–Crippen MR) is 90.3 cm³/mol. The summed E-state index contributed by atoms with van der Waals surface area (Å²) in [5, 5.41) is 6.56. The van der Waals surface area contributed by atoms with E-state index in [0.717, 1.165) is 5.69 Å². The van der Waals surface area contributed by atoms with E-state index < -0.39 is 0 Å². The summed E-state index contributed by atoms with van der Waals surface area (Å²) in [6, 6.07) is 8.22. The van der Waals surface area contributed by atoms with E-state index in [1.165, 1.54) is 25.7 Å². The topological polar surface area (TPSA) is 50.4 Å². The second-order valence-electron chi connectivity index (χ2n) is 6.39. The molecular weight excluding hydrogens is 276 g/mol. The number of hydrogen-bond donors (Lipinski definition) is 2. The molecule has 0 radical (unpaired) electrons. The van der Waals surface area contributed by atoms with Crippen LogP contribution in [0.3, 0.4) is 0 Å². The molecule has 0 unspecified atom stereocenters. The third-order valence-electron chi connectivity index (χ3n) is 4.48. The van der Waals surface area contributed by atoms with Crippen molar-refractivity contribution in [3.8, 4) is 5.75 Å². The Morgan fingerprint density at radius 1 is 1.32 bits per heavy atom. The Balaban J connectivity index is 1.83. The lowest BCUT2D eigenvalue weighted by atomic mass is 9.85. The molecule has 0 spiro atoms. The molecule has 1 amide bonds. The van der Waals surface area contributed by atoms with Crippen LogP contribution < -0.4 is 15.4 Å². The first-order valence-electron chi connectivity index (χ1n) is 8.29. The average Bonchev–Trinajstić information content (AvgIpc) is 2.50. The first kappa shape index (κ1) is 16.8. The number of carbonyl (C=O) groups is 1. The molecular formula is C18H28N2O2. The van der Waals surface area contributed by atoms with Gasteiger partial charge in [-0.2, -0.15) is 0 Å². The van der Waals surface area contributed by atoms with Crippen LogP contribution in [0.15, 0.2) is 24.3 Å². The van der Waals surface area contributed by atoms with E-state index in [0.29, 0.717) is 24.1 Å². The van der Waals surface area contributed by atoms with Gasteiger partial charge < -0.3 is 15.4 Å². The van der Waals surface area contributed by atoms with Crippen molar-refractivity contribution in [1.29, 1.82) is 0 Å². The van der Waals surface area contributed by atoms with E-state index in [1.54, 1.807) is 7.11 Å². The molecule has 1 saturated carbocycles. The predicted octanol–water partition coefficient (Wildman–Crippen LogP) is 3.58. The highest BCUT2D eigenvalue weighted by Crippen LogP contribution is 2.25. The Morgan fingerprint density at radius 3 is 2.77 bits per heavy atom. The number of amides is 1. The highest BCUT2D eigenvalue weighted by Gasteiger charge is 2.23. The van der Waals surface area contributed by atoms with Crippen LogP contribution in [0, 0.1) is 5.92 Å². The minimum atomic E-state index is 0.0213. The van der Waals surface area contributed by atoms with E-state index >= 15 is 0 Å². The molecule has 2 rings (SSSR count). The van der Waals surface area contributed by atoms with Crippen LogP contribution in [0.4, 0.5) is 5.69 Å². The molecule has 0 bridgehead atoms. The lowest BCUT2D eigenvalue weighted by Gasteiger charge is -2.32. The SMILES string of the molecule is COc1ccccc1NC(=O)C[C@H](C)N[C@@H]1CCCC[C@H]1C. The minimum absolute atomic E-state index is 0.0213. The van der Waals surface area contributed by atoms with E-state index in [4.69, 9.17) is 4.74 Å². The van der Waals surface area contributed by atoms with E-state index in [9.17, 15) is 4.79 Å². The number of rotatable bonds is 6. The molecule has 1 fully saturated rings. The van der Waals surface area contributed by atoms with Crippen LogP contribution in [0.5, 0.6) is 5.75 Å². The van der Waals surface area contributed by atoms with Crippen molar-refractivity contribution in [1.82, 2.24) is 5.32 Å². The number of para-hydroxylation sites is 2. The number of carbonyl (C=O) groups excluding carboxylic acids is 1. The first-order valence-corrected chi connectivity index (χ1v) is 8.29. The lowest BCUT2D eigenvalue weighted by Crippen LogP contribution is -2.43. The quantitative estimate of drug-likeness (QED) is 0.844. The summed E-state index contributed by atoms with van der Waals surface area (Å²) in [7, 11) is 1.61. The largest absolute Gasteiger partial charge is 0.495 e. The Hall–Kier alpha value is -1.55. The molecule has 2 N–H and O–H groups in total. The summed E-state index contributed by atoms with van der Waals surface area (Å²) in [5.41, 5.74) is 0.730. The maximum atomic E-state index is 12.2. The molecule has 122 valence electrons. The van der Waals surface area contributed by atoms with Gasteiger partial charge in [-0.05, 0) is 37.8 Å². The van der Waals surface area contributed by atoms with Gasteiger partial charge in [0.1, 0.15) is 5.75 Å². The summed E-state index contributed by atoms with van der Waals surface area (Å²) >= 11 is 0. The molecule has 22 heavy (non-hydrogen) atoms. The van der Waals surface area contributed by atoms with Crippen LogP contribution in [-0.4, -0.2) is 25.1 Å². The van der Waals surface area contributed by atoms with Gasteiger partial charge in [-0.15, -0.1) is 0 Å². The number of benzene rings is 1. The van der Waals surface area contributed by atoms with Crippen LogP contribution in [0.25, 0.3) is 0 Å². The van der Waals surface area contributed by atoms with Gasteiger partial charge in [0.15, 0.2) is 0 Å². The number of anilines is 1. The molecule has 1 aliphatic rings. The summed E-state index contributed by atoms with van der Waals surface area (Å²) < 4.78 is 5.26. The molecule has 4 heteroatoms. The monoisotopic (exact) mass is 304 g/mol. The van der Waals surface area contributed by atoms with Crippen molar-refractivity contribution < 1.29 is 9.53 Å². The molecule has 3 atom stereocenters. The first-order chi connectivity index (χ1) is 10.6. The van der Waals surface area contributed by atoms with Crippen LogP contribution >= 0.6 is 0 Å². The summed E-state index contributed by atoms with van der Waals surface area (Å²) in [6.45, 7) is 4.39. The molecule has 0 heterocycles. The van der Waals surface area contributed by atoms with Crippen LogP contribution in [-0.2, 0) is 4.79 Å². The zero-order chi connectivity index (χ0) is 15.9. The van der Waals surface area contributed by atoms with Crippen molar-refractivity contribution >= 4 is 11.6 Å². The summed E-state index contributed by atoms with van der Waals surface area (Å²) in [6.07, 6.45) is 5.61. The lowest BCUT2D eigenvalue weighted by molar-refractivity contribution is -0.116. The van der Waals surface area contributed by atoms with E-state index in [1.807, 2.05) is 24.3 Å². The maximum absolute atomic E-state index is 12.2. The van der Waals surface area contributed by atoms with Gasteiger partial charge >= 0.3 is 0 Å². The Bertz CT molecular complexity index is 490. The van der Waals surface area contributed by atoms with E-state index in [2.05, 4.69) is 24.5 Å².